The van der Waals surface area contributed by atoms with Gasteiger partial charge in [-0.25, -0.2) is 0 Å². The first-order chi connectivity index (χ1) is 9.72. The summed E-state index contributed by atoms with van der Waals surface area (Å²) in [5, 5.41) is 10.4. The van der Waals surface area contributed by atoms with Gasteiger partial charge in [0.2, 0.25) is 5.89 Å². The first-order valence-corrected chi connectivity index (χ1v) is 8.57. The third-order valence-corrected chi connectivity index (χ3v) is 5.13. The molecule has 0 amide bonds. The summed E-state index contributed by atoms with van der Waals surface area (Å²) in [6.45, 7) is 2.07. The molecular weight excluding hydrogens is 356 g/mol. The number of thiophene rings is 1. The van der Waals surface area contributed by atoms with Crippen LogP contribution in [0, 0.1) is 0 Å². The van der Waals surface area contributed by atoms with E-state index in [4.69, 9.17) is 4.42 Å². The number of halogens is 1. The van der Waals surface area contributed by atoms with Crippen LogP contribution in [0.25, 0.3) is 10.8 Å². The fourth-order valence-corrected chi connectivity index (χ4v) is 3.47. The van der Waals surface area contributed by atoms with Gasteiger partial charge in [0.1, 0.15) is 0 Å². The molecule has 0 saturated carbocycles. The Bertz CT molecular complexity index is 680. The summed E-state index contributed by atoms with van der Waals surface area (Å²) in [6, 6.07) is 12.2. The highest BCUT2D eigenvalue weighted by molar-refractivity contribution is 9.10. The minimum Gasteiger partial charge on any atom is -0.419 e. The van der Waals surface area contributed by atoms with Crippen molar-refractivity contribution in [3.05, 3.63) is 52.1 Å². The van der Waals surface area contributed by atoms with E-state index in [1.54, 1.807) is 23.1 Å². The molecule has 2 heterocycles. The van der Waals surface area contributed by atoms with Gasteiger partial charge in [0.05, 0.1) is 10.1 Å². The second kappa shape index (κ2) is 6.11. The molecule has 2 aromatic heterocycles. The van der Waals surface area contributed by atoms with Crippen LogP contribution in [0.15, 0.2) is 55.6 Å². The normalized spacial score (nSPS) is 12.5. The highest BCUT2D eigenvalue weighted by Gasteiger charge is 2.16. The van der Waals surface area contributed by atoms with E-state index >= 15 is 0 Å². The van der Waals surface area contributed by atoms with E-state index in [1.807, 2.05) is 29.6 Å². The fourth-order valence-electron chi connectivity index (χ4n) is 1.67. The molecule has 0 aliphatic rings. The molecule has 1 aromatic carbocycles. The molecule has 0 fully saturated rings. The molecule has 0 N–H and O–H groups in total. The van der Waals surface area contributed by atoms with Gasteiger partial charge in [-0.3, -0.25) is 0 Å². The lowest BCUT2D eigenvalue weighted by atomic mass is 10.4. The SMILES string of the molecule is CC(Sc1ccc(Br)cc1)c1nnc(-c2cccs2)o1. The van der Waals surface area contributed by atoms with Crippen molar-refractivity contribution in [2.75, 3.05) is 0 Å². The molecule has 1 unspecified atom stereocenters. The summed E-state index contributed by atoms with van der Waals surface area (Å²) >= 11 is 6.73. The fraction of sp³-hybridized carbons (Fsp3) is 0.143. The summed E-state index contributed by atoms with van der Waals surface area (Å²) in [5.41, 5.74) is 0. The van der Waals surface area contributed by atoms with Crippen LogP contribution < -0.4 is 0 Å². The number of benzene rings is 1. The van der Waals surface area contributed by atoms with Crippen LogP contribution in [-0.2, 0) is 0 Å². The Kier molecular flexibility index (Phi) is 4.24. The first kappa shape index (κ1) is 13.9. The molecule has 3 aromatic rings. The van der Waals surface area contributed by atoms with Gasteiger partial charge in [-0.05, 0) is 42.6 Å². The lowest BCUT2D eigenvalue weighted by Crippen LogP contribution is -1.88. The minimum absolute atomic E-state index is 0.123. The van der Waals surface area contributed by atoms with Crippen LogP contribution in [0.2, 0.25) is 0 Å². The van der Waals surface area contributed by atoms with Gasteiger partial charge in [0, 0.05) is 9.37 Å². The number of thioether (sulfide) groups is 1. The van der Waals surface area contributed by atoms with Crippen molar-refractivity contribution in [2.24, 2.45) is 0 Å². The Labute approximate surface area is 133 Å². The third-order valence-electron chi connectivity index (χ3n) is 2.65. The van der Waals surface area contributed by atoms with Crippen LogP contribution in [0.5, 0.6) is 0 Å². The zero-order chi connectivity index (χ0) is 13.9. The average molecular weight is 367 g/mol. The zero-order valence-corrected chi connectivity index (χ0v) is 13.8. The molecule has 0 spiro atoms. The molecule has 6 heteroatoms. The summed E-state index contributed by atoms with van der Waals surface area (Å²) < 4.78 is 6.82. The molecular formula is C14H11BrN2OS2. The smallest absolute Gasteiger partial charge is 0.257 e. The summed E-state index contributed by atoms with van der Waals surface area (Å²) in [6.07, 6.45) is 0. The van der Waals surface area contributed by atoms with Gasteiger partial charge in [-0.15, -0.1) is 33.3 Å². The van der Waals surface area contributed by atoms with Crippen molar-refractivity contribution < 1.29 is 4.42 Å². The highest BCUT2D eigenvalue weighted by atomic mass is 79.9. The van der Waals surface area contributed by atoms with Gasteiger partial charge in [-0.2, -0.15) is 0 Å². The Morgan fingerprint density at radius 2 is 2.00 bits per heavy atom. The second-order valence-electron chi connectivity index (χ2n) is 4.14. The van der Waals surface area contributed by atoms with E-state index in [0.717, 1.165) is 9.35 Å². The molecule has 0 saturated heterocycles. The molecule has 3 nitrogen and oxygen atoms in total. The van der Waals surface area contributed by atoms with Crippen LogP contribution in [0.3, 0.4) is 0 Å². The molecule has 3 rings (SSSR count). The van der Waals surface area contributed by atoms with Gasteiger partial charge in [0.15, 0.2) is 0 Å². The van der Waals surface area contributed by atoms with Crippen LogP contribution >= 0.6 is 39.0 Å². The van der Waals surface area contributed by atoms with E-state index in [-0.39, 0.29) is 5.25 Å². The van der Waals surface area contributed by atoms with E-state index in [2.05, 4.69) is 45.2 Å². The molecule has 20 heavy (non-hydrogen) atoms. The Hall–Kier alpha value is -1.11. The topological polar surface area (TPSA) is 38.9 Å². The van der Waals surface area contributed by atoms with Crippen molar-refractivity contribution >= 4 is 39.0 Å². The van der Waals surface area contributed by atoms with Gasteiger partial charge in [-0.1, -0.05) is 22.0 Å². The van der Waals surface area contributed by atoms with Crippen LogP contribution in [0.4, 0.5) is 0 Å². The molecule has 0 radical (unpaired) electrons. The van der Waals surface area contributed by atoms with Gasteiger partial charge >= 0.3 is 0 Å². The van der Waals surface area contributed by atoms with E-state index in [1.165, 1.54) is 4.90 Å². The third kappa shape index (κ3) is 3.13. The number of rotatable bonds is 4. The van der Waals surface area contributed by atoms with Gasteiger partial charge in [0.25, 0.3) is 5.89 Å². The quantitative estimate of drug-likeness (QED) is 0.578. The molecule has 0 bridgehead atoms. The average Bonchev–Trinajstić information content (AvgIpc) is 3.11. The maximum absolute atomic E-state index is 5.74. The van der Waals surface area contributed by atoms with Crippen molar-refractivity contribution in [3.63, 3.8) is 0 Å². The second-order valence-corrected chi connectivity index (χ2v) is 7.41. The Morgan fingerprint density at radius 3 is 2.70 bits per heavy atom. The number of nitrogens with zero attached hydrogens (tertiary/aromatic N) is 2. The van der Waals surface area contributed by atoms with E-state index < -0.39 is 0 Å². The maximum atomic E-state index is 5.74. The Balaban J connectivity index is 1.74. The number of hydrogen-bond donors (Lipinski definition) is 0. The van der Waals surface area contributed by atoms with Gasteiger partial charge < -0.3 is 4.42 Å². The maximum Gasteiger partial charge on any atom is 0.257 e. The zero-order valence-electron chi connectivity index (χ0n) is 10.6. The van der Waals surface area contributed by atoms with Crippen LogP contribution in [0.1, 0.15) is 18.1 Å². The van der Waals surface area contributed by atoms with Crippen LogP contribution in [-0.4, -0.2) is 10.2 Å². The van der Waals surface area contributed by atoms with E-state index in [9.17, 15) is 0 Å². The lowest BCUT2D eigenvalue weighted by molar-refractivity contribution is 0.510. The number of aromatic nitrogens is 2. The highest BCUT2D eigenvalue weighted by Crippen LogP contribution is 2.35. The minimum atomic E-state index is 0.123. The predicted octanol–water partition coefficient (Wildman–Crippen LogP) is 5.41. The molecule has 0 aliphatic heterocycles. The summed E-state index contributed by atoms with van der Waals surface area (Å²) in [7, 11) is 0. The van der Waals surface area contributed by atoms with Crippen molar-refractivity contribution in [1.29, 1.82) is 0 Å². The standard InChI is InChI=1S/C14H11BrN2OS2/c1-9(20-11-6-4-10(15)5-7-11)13-16-17-14(18-13)12-3-2-8-19-12/h2-9H,1H3. The van der Waals surface area contributed by atoms with Crippen molar-refractivity contribution in [1.82, 2.24) is 10.2 Å². The largest absolute Gasteiger partial charge is 0.419 e. The van der Waals surface area contributed by atoms with E-state index in [0.29, 0.717) is 11.8 Å². The lowest BCUT2D eigenvalue weighted by Gasteiger charge is -2.06. The molecule has 102 valence electrons. The molecule has 0 aliphatic carbocycles. The van der Waals surface area contributed by atoms with Crippen molar-refractivity contribution in [2.45, 2.75) is 17.1 Å². The molecule has 1 atom stereocenters. The first-order valence-electron chi connectivity index (χ1n) is 6.02. The number of hydrogen-bond acceptors (Lipinski definition) is 5. The van der Waals surface area contributed by atoms with Crippen molar-refractivity contribution in [3.8, 4) is 10.8 Å². The summed E-state index contributed by atoms with van der Waals surface area (Å²) in [5.74, 6) is 1.25. The predicted molar refractivity (Wildman–Crippen MR) is 86.0 cm³/mol. The summed E-state index contributed by atoms with van der Waals surface area (Å²) in [4.78, 5) is 2.18. The monoisotopic (exact) mass is 366 g/mol. The Morgan fingerprint density at radius 1 is 1.20 bits per heavy atom.